The van der Waals surface area contributed by atoms with Gasteiger partial charge in [0.2, 0.25) is 0 Å². The minimum Gasteiger partial charge on any atom is -0.387 e. The Balaban J connectivity index is 1.63. The monoisotopic (exact) mass is 345 g/mol. The van der Waals surface area contributed by atoms with E-state index in [9.17, 15) is 9.90 Å². The number of hydrogen-bond donors (Lipinski definition) is 2. The van der Waals surface area contributed by atoms with E-state index in [0.29, 0.717) is 18.4 Å². The van der Waals surface area contributed by atoms with Crippen LogP contribution in [0.5, 0.6) is 0 Å². The number of amides is 1. The van der Waals surface area contributed by atoms with E-state index in [1.165, 1.54) is 0 Å². The summed E-state index contributed by atoms with van der Waals surface area (Å²) in [6.07, 6.45) is 1.17. The van der Waals surface area contributed by atoms with Gasteiger partial charge >= 0.3 is 0 Å². The molecule has 4 heteroatoms. The Bertz CT molecular complexity index is 642. The largest absolute Gasteiger partial charge is 0.387 e. The summed E-state index contributed by atoms with van der Waals surface area (Å²) < 4.78 is 0.934. The van der Waals surface area contributed by atoms with E-state index in [-0.39, 0.29) is 12.5 Å². The summed E-state index contributed by atoms with van der Waals surface area (Å²) in [5.74, 6) is -0.160. The number of benzene rings is 2. The van der Waals surface area contributed by atoms with Gasteiger partial charge in [-0.25, -0.2) is 0 Å². The van der Waals surface area contributed by atoms with Crippen molar-refractivity contribution >= 4 is 21.8 Å². The Morgan fingerprint density at radius 1 is 1.10 bits per heavy atom. The minimum atomic E-state index is -0.880. The molecule has 108 valence electrons. The molecule has 1 aliphatic carbocycles. The van der Waals surface area contributed by atoms with Crippen LogP contribution in [0.15, 0.2) is 53.0 Å². The number of fused-ring (bicyclic) bond motifs is 1. The molecule has 1 aliphatic rings. The lowest BCUT2D eigenvalue weighted by molar-refractivity contribution is 0.0480. The van der Waals surface area contributed by atoms with Crippen molar-refractivity contribution < 1.29 is 9.90 Å². The Hall–Kier alpha value is -1.65. The summed E-state index contributed by atoms with van der Waals surface area (Å²) in [7, 11) is 0. The van der Waals surface area contributed by atoms with Gasteiger partial charge in [-0.1, -0.05) is 40.2 Å². The van der Waals surface area contributed by atoms with E-state index in [1.807, 2.05) is 36.4 Å². The molecule has 0 radical (unpaired) electrons. The number of aliphatic hydroxyl groups is 1. The third-order valence-electron chi connectivity index (χ3n) is 3.84. The normalized spacial score (nSPS) is 15.5. The van der Waals surface area contributed by atoms with Crippen LogP contribution in [-0.4, -0.2) is 23.2 Å². The summed E-state index contributed by atoms with van der Waals surface area (Å²) in [5, 5.41) is 13.5. The lowest BCUT2D eigenvalue weighted by Crippen LogP contribution is -2.43. The molecule has 0 saturated heterocycles. The molecule has 0 spiro atoms. The molecule has 0 saturated carbocycles. The van der Waals surface area contributed by atoms with E-state index < -0.39 is 5.60 Å². The minimum absolute atomic E-state index is 0.160. The first kappa shape index (κ1) is 14.3. The second-order valence-electron chi connectivity index (χ2n) is 5.54. The van der Waals surface area contributed by atoms with Gasteiger partial charge in [0.1, 0.15) is 0 Å². The molecule has 2 aromatic rings. The third kappa shape index (κ3) is 3.17. The molecule has 2 aromatic carbocycles. The van der Waals surface area contributed by atoms with Crippen molar-refractivity contribution in [3.05, 3.63) is 69.7 Å². The van der Waals surface area contributed by atoms with E-state index in [0.717, 1.165) is 15.6 Å². The smallest absolute Gasteiger partial charge is 0.251 e. The van der Waals surface area contributed by atoms with Crippen molar-refractivity contribution in [1.82, 2.24) is 5.32 Å². The van der Waals surface area contributed by atoms with Gasteiger partial charge in [0.25, 0.3) is 5.91 Å². The summed E-state index contributed by atoms with van der Waals surface area (Å²) in [5.41, 5.74) is 2.04. The highest BCUT2D eigenvalue weighted by Crippen LogP contribution is 2.29. The van der Waals surface area contributed by atoms with Gasteiger partial charge in [0, 0.05) is 29.4 Å². The molecule has 3 nitrogen and oxygen atoms in total. The van der Waals surface area contributed by atoms with Crippen LogP contribution in [-0.2, 0) is 12.8 Å². The van der Waals surface area contributed by atoms with Gasteiger partial charge in [-0.05, 0) is 35.4 Å². The number of hydrogen-bond acceptors (Lipinski definition) is 2. The second-order valence-corrected chi connectivity index (χ2v) is 6.45. The third-order valence-corrected chi connectivity index (χ3v) is 4.37. The fraction of sp³-hybridized carbons (Fsp3) is 0.235. The SMILES string of the molecule is O=C(NCC1(O)Cc2ccccc2C1)c1ccc(Br)cc1. The Kier molecular flexibility index (Phi) is 3.83. The molecule has 1 amide bonds. The van der Waals surface area contributed by atoms with Gasteiger partial charge in [0.05, 0.1) is 5.60 Å². The zero-order valence-electron chi connectivity index (χ0n) is 11.5. The van der Waals surface area contributed by atoms with Crippen LogP contribution in [0.4, 0.5) is 0 Å². The lowest BCUT2D eigenvalue weighted by atomic mass is 10.0. The number of carbonyl (C=O) groups is 1. The molecule has 21 heavy (non-hydrogen) atoms. The molecule has 0 bridgehead atoms. The van der Waals surface area contributed by atoms with Crippen molar-refractivity contribution in [2.75, 3.05) is 6.54 Å². The van der Waals surface area contributed by atoms with Crippen LogP contribution >= 0.6 is 15.9 Å². The average molecular weight is 346 g/mol. The van der Waals surface area contributed by atoms with E-state index in [4.69, 9.17) is 0 Å². The molecular weight excluding hydrogens is 330 g/mol. The molecule has 0 aliphatic heterocycles. The molecule has 0 atom stereocenters. The zero-order chi connectivity index (χ0) is 14.9. The van der Waals surface area contributed by atoms with Gasteiger partial charge in [-0.2, -0.15) is 0 Å². The Morgan fingerprint density at radius 3 is 2.24 bits per heavy atom. The van der Waals surface area contributed by atoms with Crippen LogP contribution < -0.4 is 5.32 Å². The van der Waals surface area contributed by atoms with Crippen LogP contribution in [0.25, 0.3) is 0 Å². The zero-order valence-corrected chi connectivity index (χ0v) is 13.1. The lowest BCUT2D eigenvalue weighted by Gasteiger charge is -2.22. The van der Waals surface area contributed by atoms with Crippen LogP contribution in [0.3, 0.4) is 0 Å². The van der Waals surface area contributed by atoms with Crippen LogP contribution in [0.1, 0.15) is 21.5 Å². The molecule has 0 unspecified atom stereocenters. The molecule has 3 rings (SSSR count). The highest BCUT2D eigenvalue weighted by Gasteiger charge is 2.35. The van der Waals surface area contributed by atoms with Crippen LogP contribution in [0, 0.1) is 0 Å². The fourth-order valence-corrected chi connectivity index (χ4v) is 3.01. The van der Waals surface area contributed by atoms with Gasteiger partial charge in [0.15, 0.2) is 0 Å². The molecule has 0 heterocycles. The summed E-state index contributed by atoms with van der Waals surface area (Å²) in [6, 6.07) is 15.2. The molecule has 0 fully saturated rings. The molecular formula is C17H16BrNO2. The maximum absolute atomic E-state index is 12.1. The van der Waals surface area contributed by atoms with E-state index in [2.05, 4.69) is 21.2 Å². The van der Waals surface area contributed by atoms with Crippen molar-refractivity contribution in [1.29, 1.82) is 0 Å². The second kappa shape index (κ2) is 5.62. The standard InChI is InChI=1S/C17H16BrNO2/c18-15-7-5-12(6-8-15)16(20)19-11-17(21)9-13-3-1-2-4-14(13)10-17/h1-8,21H,9-11H2,(H,19,20). The summed E-state index contributed by atoms with van der Waals surface area (Å²) in [6.45, 7) is 0.260. The highest BCUT2D eigenvalue weighted by atomic mass is 79.9. The first-order chi connectivity index (χ1) is 10.1. The predicted molar refractivity (Wildman–Crippen MR) is 85.3 cm³/mol. The maximum Gasteiger partial charge on any atom is 0.251 e. The topological polar surface area (TPSA) is 49.3 Å². The van der Waals surface area contributed by atoms with E-state index >= 15 is 0 Å². The average Bonchev–Trinajstić information content (AvgIpc) is 2.82. The van der Waals surface area contributed by atoms with Gasteiger partial charge < -0.3 is 10.4 Å². The number of carbonyl (C=O) groups excluding carboxylic acids is 1. The van der Waals surface area contributed by atoms with Gasteiger partial charge in [-0.3, -0.25) is 4.79 Å². The molecule has 0 aromatic heterocycles. The van der Waals surface area contributed by atoms with E-state index in [1.54, 1.807) is 12.1 Å². The van der Waals surface area contributed by atoms with Crippen molar-refractivity contribution in [2.24, 2.45) is 0 Å². The van der Waals surface area contributed by atoms with Crippen molar-refractivity contribution in [3.63, 3.8) is 0 Å². The fourth-order valence-electron chi connectivity index (χ4n) is 2.75. The predicted octanol–water partition coefficient (Wildman–Crippen LogP) is 2.71. The number of nitrogens with one attached hydrogen (secondary N) is 1. The number of rotatable bonds is 3. The van der Waals surface area contributed by atoms with Crippen molar-refractivity contribution in [3.8, 4) is 0 Å². The van der Waals surface area contributed by atoms with Crippen LogP contribution in [0.2, 0.25) is 0 Å². The molecule has 2 N–H and O–H groups in total. The summed E-state index contributed by atoms with van der Waals surface area (Å²) >= 11 is 3.34. The Morgan fingerprint density at radius 2 is 1.67 bits per heavy atom. The quantitative estimate of drug-likeness (QED) is 0.898. The summed E-state index contributed by atoms with van der Waals surface area (Å²) in [4.78, 5) is 12.1. The first-order valence-corrected chi connectivity index (χ1v) is 7.68. The van der Waals surface area contributed by atoms with Crippen molar-refractivity contribution in [2.45, 2.75) is 18.4 Å². The first-order valence-electron chi connectivity index (χ1n) is 6.89. The van der Waals surface area contributed by atoms with Gasteiger partial charge in [-0.15, -0.1) is 0 Å². The Labute approximate surface area is 132 Å². The highest BCUT2D eigenvalue weighted by molar-refractivity contribution is 9.10. The maximum atomic E-state index is 12.1. The number of halogens is 1.